The Morgan fingerprint density at radius 3 is 0.789 bits per heavy atom. The molecule has 4 rings (SSSR count). The predicted octanol–water partition coefficient (Wildman–Crippen LogP) is 5.71. The SMILES string of the molecule is O=C(O)OC(=O)C(=O)C(=O)OC(=O)O.c1ccc(-c2ccccc2)cc1.c1ccc(-c2ccccc2)cc1. The number of hydrogen-bond donors (Lipinski definition) is 2. The van der Waals surface area contributed by atoms with Crippen LogP contribution in [0.15, 0.2) is 121 Å². The summed E-state index contributed by atoms with van der Waals surface area (Å²) in [5.41, 5.74) is 5.10. The number of esters is 2. The molecule has 9 heteroatoms. The number of carbonyl (C=O) groups is 5. The first-order valence-electron chi connectivity index (χ1n) is 10.9. The molecule has 0 amide bonds. The minimum absolute atomic E-state index is 1.28. The number of benzene rings is 4. The van der Waals surface area contributed by atoms with Crippen molar-refractivity contribution in [1.82, 2.24) is 0 Å². The number of carbonyl (C=O) groups excluding carboxylic acids is 3. The Bertz CT molecular complexity index is 1160. The van der Waals surface area contributed by atoms with Gasteiger partial charge in [-0.3, -0.25) is 4.79 Å². The molecular weight excluding hydrogens is 492 g/mol. The molecule has 0 aliphatic carbocycles. The minimum atomic E-state index is -2.11. The molecule has 0 aliphatic heterocycles. The van der Waals surface area contributed by atoms with Crippen molar-refractivity contribution in [2.45, 2.75) is 0 Å². The van der Waals surface area contributed by atoms with E-state index in [1.54, 1.807) is 0 Å². The van der Waals surface area contributed by atoms with E-state index in [2.05, 4.69) is 107 Å². The number of ketones is 1. The lowest BCUT2D eigenvalue weighted by atomic mass is 10.1. The Balaban J connectivity index is 0.000000200. The van der Waals surface area contributed by atoms with Crippen molar-refractivity contribution in [1.29, 1.82) is 0 Å². The summed E-state index contributed by atoms with van der Waals surface area (Å²) in [6, 6.07) is 41.6. The first kappa shape index (κ1) is 28.7. The molecule has 0 fully saturated rings. The fourth-order valence-corrected chi connectivity index (χ4v) is 2.86. The summed E-state index contributed by atoms with van der Waals surface area (Å²) >= 11 is 0. The third kappa shape index (κ3) is 10.4. The molecule has 4 aromatic carbocycles. The molecule has 0 spiro atoms. The van der Waals surface area contributed by atoms with Crippen LogP contribution in [0, 0.1) is 0 Å². The van der Waals surface area contributed by atoms with E-state index in [1.807, 2.05) is 24.3 Å². The lowest BCUT2D eigenvalue weighted by Crippen LogP contribution is -2.30. The third-order valence-electron chi connectivity index (χ3n) is 4.49. The van der Waals surface area contributed by atoms with E-state index in [9.17, 15) is 24.0 Å². The van der Waals surface area contributed by atoms with Crippen molar-refractivity contribution < 1.29 is 43.7 Å². The Hall–Kier alpha value is -5.57. The van der Waals surface area contributed by atoms with E-state index in [1.165, 1.54) is 22.3 Å². The summed E-state index contributed by atoms with van der Waals surface area (Å²) in [6.45, 7) is 0. The van der Waals surface area contributed by atoms with Crippen LogP contribution in [0.3, 0.4) is 0 Å². The van der Waals surface area contributed by atoms with Gasteiger partial charge in [0.25, 0.3) is 0 Å². The van der Waals surface area contributed by atoms with Gasteiger partial charge >= 0.3 is 30.0 Å². The monoisotopic (exact) mass is 514 g/mol. The van der Waals surface area contributed by atoms with E-state index in [-0.39, 0.29) is 0 Å². The summed E-state index contributed by atoms with van der Waals surface area (Å²) in [4.78, 5) is 50.5. The first-order valence-corrected chi connectivity index (χ1v) is 10.9. The molecule has 2 N–H and O–H groups in total. The highest BCUT2D eigenvalue weighted by Crippen LogP contribution is 2.18. The fraction of sp³-hybridized carbons (Fsp3) is 0. The highest BCUT2D eigenvalue weighted by atomic mass is 16.7. The van der Waals surface area contributed by atoms with Gasteiger partial charge in [0.15, 0.2) is 0 Å². The maximum Gasteiger partial charge on any atom is 0.513 e. The zero-order valence-corrected chi connectivity index (χ0v) is 19.8. The van der Waals surface area contributed by atoms with Gasteiger partial charge in [0.05, 0.1) is 0 Å². The van der Waals surface area contributed by atoms with Crippen LogP contribution >= 0.6 is 0 Å². The van der Waals surface area contributed by atoms with Crippen LogP contribution in [-0.4, -0.2) is 40.2 Å². The summed E-state index contributed by atoms with van der Waals surface area (Å²) in [6.07, 6.45) is -4.21. The van der Waals surface area contributed by atoms with Crippen molar-refractivity contribution in [2.24, 2.45) is 0 Å². The van der Waals surface area contributed by atoms with Gasteiger partial charge in [-0.1, -0.05) is 121 Å². The highest BCUT2D eigenvalue weighted by Gasteiger charge is 2.30. The van der Waals surface area contributed by atoms with E-state index < -0.39 is 30.0 Å². The molecule has 0 heterocycles. The molecule has 38 heavy (non-hydrogen) atoms. The van der Waals surface area contributed by atoms with Crippen LogP contribution in [0.1, 0.15) is 0 Å². The fourth-order valence-electron chi connectivity index (χ4n) is 2.86. The standard InChI is InChI=1S/2C12H10.C5H2O9/c2*1-3-7-11(8-4-1)12-9-5-2-6-10-12;6-1(2(7)13-4(9)10)3(8)14-5(11)12/h2*1-10H;(H,9,10)(H,11,12). The van der Waals surface area contributed by atoms with Crippen LogP contribution < -0.4 is 0 Å². The summed E-state index contributed by atoms with van der Waals surface area (Å²) in [5.74, 6) is -6.11. The maximum atomic E-state index is 10.4. The second-order valence-electron chi connectivity index (χ2n) is 7.10. The topological polar surface area (TPSA) is 144 Å². The zero-order valence-electron chi connectivity index (χ0n) is 19.8. The smallest absolute Gasteiger partial charge is 0.449 e. The molecule has 0 aliphatic rings. The van der Waals surface area contributed by atoms with Gasteiger partial charge in [0, 0.05) is 0 Å². The highest BCUT2D eigenvalue weighted by molar-refractivity contribution is 6.61. The molecule has 192 valence electrons. The quantitative estimate of drug-likeness (QED) is 0.199. The van der Waals surface area contributed by atoms with E-state index >= 15 is 0 Å². The van der Waals surface area contributed by atoms with E-state index in [0.717, 1.165) is 0 Å². The second kappa shape index (κ2) is 15.4. The van der Waals surface area contributed by atoms with Crippen LogP contribution in [0.5, 0.6) is 0 Å². The van der Waals surface area contributed by atoms with Gasteiger partial charge in [0.1, 0.15) is 0 Å². The zero-order chi connectivity index (χ0) is 27.8. The van der Waals surface area contributed by atoms with Crippen molar-refractivity contribution in [3.63, 3.8) is 0 Å². The van der Waals surface area contributed by atoms with E-state index in [4.69, 9.17) is 10.2 Å². The van der Waals surface area contributed by atoms with Crippen LogP contribution in [0.2, 0.25) is 0 Å². The molecule has 0 saturated carbocycles. The summed E-state index contributed by atoms with van der Waals surface area (Å²) in [5, 5.41) is 15.7. The van der Waals surface area contributed by atoms with Gasteiger partial charge < -0.3 is 19.7 Å². The predicted molar refractivity (Wildman–Crippen MR) is 137 cm³/mol. The lowest BCUT2D eigenvalue weighted by molar-refractivity contribution is -0.160. The maximum absolute atomic E-state index is 10.4. The second-order valence-corrected chi connectivity index (χ2v) is 7.10. The molecular formula is C29H22O9. The van der Waals surface area contributed by atoms with Gasteiger partial charge in [-0.25, -0.2) is 19.2 Å². The third-order valence-corrected chi connectivity index (χ3v) is 4.49. The molecule has 0 saturated heterocycles. The van der Waals surface area contributed by atoms with Crippen molar-refractivity contribution in [2.75, 3.05) is 0 Å². The summed E-state index contributed by atoms with van der Waals surface area (Å²) in [7, 11) is 0. The number of carboxylic acid groups (broad SMARTS) is 2. The molecule has 9 nitrogen and oxygen atoms in total. The van der Waals surface area contributed by atoms with Crippen LogP contribution in [0.25, 0.3) is 22.3 Å². The average Bonchev–Trinajstić information content (AvgIpc) is 2.94. The Morgan fingerprint density at radius 2 is 0.605 bits per heavy atom. The van der Waals surface area contributed by atoms with Gasteiger partial charge in [-0.05, 0) is 22.3 Å². The summed E-state index contributed by atoms with van der Waals surface area (Å²) < 4.78 is 6.50. The Kier molecular flexibility index (Phi) is 11.6. The molecule has 4 aromatic rings. The van der Waals surface area contributed by atoms with E-state index in [0.29, 0.717) is 0 Å². The molecule has 0 atom stereocenters. The largest absolute Gasteiger partial charge is 0.513 e. The normalized spacial score (nSPS) is 9.26. The van der Waals surface area contributed by atoms with Gasteiger partial charge in [0.2, 0.25) is 0 Å². The van der Waals surface area contributed by atoms with Gasteiger partial charge in [-0.2, -0.15) is 0 Å². The van der Waals surface area contributed by atoms with Crippen molar-refractivity contribution >= 4 is 30.0 Å². The lowest BCUT2D eigenvalue weighted by Gasteiger charge is -1.98. The molecule has 0 aromatic heterocycles. The Morgan fingerprint density at radius 1 is 0.395 bits per heavy atom. The average molecular weight is 514 g/mol. The number of rotatable bonds is 4. The Labute approximate surface area is 217 Å². The number of Topliss-reactive ketones (excluding diaryl/α,β-unsaturated/α-hetero) is 1. The molecule has 0 radical (unpaired) electrons. The number of hydrogen-bond acceptors (Lipinski definition) is 7. The van der Waals surface area contributed by atoms with Crippen LogP contribution in [0.4, 0.5) is 9.59 Å². The van der Waals surface area contributed by atoms with Gasteiger partial charge in [-0.15, -0.1) is 0 Å². The minimum Gasteiger partial charge on any atom is -0.449 e. The number of ether oxygens (including phenoxy) is 2. The van der Waals surface area contributed by atoms with Crippen molar-refractivity contribution in [3.05, 3.63) is 121 Å². The first-order chi connectivity index (χ1) is 18.3. The van der Waals surface area contributed by atoms with Crippen molar-refractivity contribution in [3.8, 4) is 22.3 Å². The molecule has 0 unspecified atom stereocenters. The molecule has 0 bridgehead atoms. The van der Waals surface area contributed by atoms with Crippen LogP contribution in [-0.2, 0) is 23.9 Å².